The first-order chi connectivity index (χ1) is 16.3. The van der Waals surface area contributed by atoms with Gasteiger partial charge in [0.15, 0.2) is 0 Å². The van der Waals surface area contributed by atoms with Crippen molar-refractivity contribution in [3.05, 3.63) is 57.3 Å². The number of nitrogens with zero attached hydrogens (tertiary/aromatic N) is 5. The van der Waals surface area contributed by atoms with Crippen molar-refractivity contribution in [2.45, 2.75) is 69.6 Å². The zero-order chi connectivity index (χ0) is 24.3. The third kappa shape index (κ3) is 4.90. The molecule has 0 bridgehead atoms. The zero-order valence-corrected chi connectivity index (χ0v) is 19.7. The van der Waals surface area contributed by atoms with Crippen molar-refractivity contribution >= 4 is 17.9 Å². The maximum atomic E-state index is 12.2. The van der Waals surface area contributed by atoms with Gasteiger partial charge in [-0.2, -0.15) is 4.98 Å². The van der Waals surface area contributed by atoms with Crippen molar-refractivity contribution < 1.29 is 14.8 Å². The molecule has 10 heteroatoms. The van der Waals surface area contributed by atoms with E-state index in [2.05, 4.69) is 15.3 Å². The van der Waals surface area contributed by atoms with Crippen LogP contribution in [0.4, 0.5) is 16.6 Å². The van der Waals surface area contributed by atoms with Crippen molar-refractivity contribution in [2.75, 3.05) is 24.3 Å². The average Bonchev–Trinajstić information content (AvgIpc) is 2.83. The van der Waals surface area contributed by atoms with E-state index in [1.165, 1.54) is 4.90 Å². The molecular formula is C24H32N6O4. The van der Waals surface area contributed by atoms with Crippen molar-refractivity contribution in [1.29, 1.82) is 0 Å². The van der Waals surface area contributed by atoms with Crippen LogP contribution in [-0.4, -0.2) is 56.8 Å². The summed E-state index contributed by atoms with van der Waals surface area (Å²) in [6, 6.07) is 9.12. The van der Waals surface area contributed by atoms with E-state index in [4.69, 9.17) is 0 Å². The molecule has 0 unspecified atom stereocenters. The number of anilines is 2. The van der Waals surface area contributed by atoms with E-state index in [0.717, 1.165) is 48.3 Å². The molecule has 2 N–H and O–H groups in total. The van der Waals surface area contributed by atoms with Gasteiger partial charge in [0.2, 0.25) is 5.95 Å². The number of carboxylic acid groups (broad SMARTS) is 1. The van der Waals surface area contributed by atoms with Gasteiger partial charge in [-0.1, -0.05) is 30.3 Å². The number of aromatic nitrogens is 2. The average molecular weight is 469 g/mol. The van der Waals surface area contributed by atoms with Gasteiger partial charge in [0.05, 0.1) is 5.69 Å². The Morgan fingerprint density at radius 1 is 1.18 bits per heavy atom. The SMILES string of the molecule is CN(C)c1nc(N[C@]2([N+](=O)[O-])CC[C@H](N(Cc3ccccc3)C(=O)O)CC2)nc2c1CCCC2. The summed E-state index contributed by atoms with van der Waals surface area (Å²) in [5.74, 6) is 1.08. The smallest absolute Gasteiger partial charge is 0.407 e. The molecule has 182 valence electrons. The molecule has 0 spiro atoms. The molecule has 1 aromatic carbocycles. The Kier molecular flexibility index (Phi) is 6.85. The molecule has 34 heavy (non-hydrogen) atoms. The van der Waals surface area contributed by atoms with Crippen LogP contribution in [0.3, 0.4) is 0 Å². The zero-order valence-electron chi connectivity index (χ0n) is 19.7. The second-order valence-electron chi connectivity index (χ2n) is 9.44. The largest absolute Gasteiger partial charge is 0.465 e. The summed E-state index contributed by atoms with van der Waals surface area (Å²) in [5.41, 5.74) is 1.56. The van der Waals surface area contributed by atoms with Crippen molar-refractivity contribution in [3.63, 3.8) is 0 Å². The molecule has 2 aliphatic rings. The van der Waals surface area contributed by atoms with E-state index in [-0.39, 0.29) is 36.3 Å². The van der Waals surface area contributed by atoms with E-state index >= 15 is 0 Å². The molecule has 4 rings (SSSR count). The molecule has 0 saturated heterocycles. The minimum atomic E-state index is -1.42. The highest BCUT2D eigenvalue weighted by atomic mass is 16.6. The van der Waals surface area contributed by atoms with Gasteiger partial charge >= 0.3 is 6.09 Å². The lowest BCUT2D eigenvalue weighted by atomic mass is 9.85. The molecule has 2 aromatic rings. The first kappa shape index (κ1) is 23.7. The Morgan fingerprint density at radius 2 is 1.85 bits per heavy atom. The summed E-state index contributed by atoms with van der Waals surface area (Å²) >= 11 is 0. The molecule has 0 atom stereocenters. The normalized spacial score (nSPS) is 21.9. The lowest BCUT2D eigenvalue weighted by Gasteiger charge is -2.38. The molecule has 1 saturated carbocycles. The molecule has 0 aliphatic heterocycles. The Morgan fingerprint density at radius 3 is 2.47 bits per heavy atom. The molecule has 1 heterocycles. The number of aryl methyl sites for hydroxylation is 1. The van der Waals surface area contributed by atoms with Crippen LogP contribution < -0.4 is 10.2 Å². The van der Waals surface area contributed by atoms with Gasteiger partial charge in [0, 0.05) is 50.0 Å². The Balaban J connectivity index is 1.53. The van der Waals surface area contributed by atoms with Gasteiger partial charge in [-0.15, -0.1) is 0 Å². The number of hydrogen-bond donors (Lipinski definition) is 2. The van der Waals surface area contributed by atoms with E-state index < -0.39 is 11.8 Å². The van der Waals surface area contributed by atoms with Crippen molar-refractivity contribution in [2.24, 2.45) is 0 Å². The topological polar surface area (TPSA) is 125 Å². The van der Waals surface area contributed by atoms with Crippen LogP contribution in [0.2, 0.25) is 0 Å². The van der Waals surface area contributed by atoms with Crippen molar-refractivity contribution in [1.82, 2.24) is 14.9 Å². The monoisotopic (exact) mass is 468 g/mol. The molecule has 10 nitrogen and oxygen atoms in total. The summed E-state index contributed by atoms with van der Waals surface area (Å²) in [5, 5.41) is 25.1. The number of nitrogens with one attached hydrogen (secondary N) is 1. The lowest BCUT2D eigenvalue weighted by Crippen LogP contribution is -2.53. The highest BCUT2D eigenvalue weighted by Crippen LogP contribution is 2.36. The molecule has 1 amide bonds. The first-order valence-electron chi connectivity index (χ1n) is 11.8. The van der Waals surface area contributed by atoms with Crippen LogP contribution in [0, 0.1) is 10.1 Å². The molecule has 1 aromatic heterocycles. The fourth-order valence-corrected chi connectivity index (χ4v) is 5.09. The Labute approximate surface area is 199 Å². The van der Waals surface area contributed by atoms with Gasteiger partial charge in [0.1, 0.15) is 5.82 Å². The van der Waals surface area contributed by atoms with Crippen molar-refractivity contribution in [3.8, 4) is 0 Å². The van der Waals surface area contributed by atoms with E-state index in [1.54, 1.807) is 0 Å². The quantitative estimate of drug-likeness (QED) is 0.356. The standard InChI is InChI=1S/C24H32N6O4/c1-28(2)21-19-10-6-7-11-20(19)25-22(26-21)27-24(30(33)34)14-12-18(13-15-24)29(23(31)32)16-17-8-4-3-5-9-17/h3-5,8-9,18H,6-7,10-16H2,1-2H3,(H,31,32)(H,25,26,27)/t18-,24-. The summed E-state index contributed by atoms with van der Waals surface area (Å²) in [6.45, 7) is 0.264. The number of rotatable bonds is 7. The van der Waals surface area contributed by atoms with Gasteiger partial charge in [-0.3, -0.25) is 15.4 Å². The third-order valence-corrected chi connectivity index (χ3v) is 6.94. The number of benzene rings is 1. The lowest BCUT2D eigenvalue weighted by molar-refractivity contribution is -0.566. The molecule has 2 aliphatic carbocycles. The van der Waals surface area contributed by atoms with E-state index in [0.29, 0.717) is 12.8 Å². The van der Waals surface area contributed by atoms with Gasteiger partial charge in [-0.25, -0.2) is 9.78 Å². The highest BCUT2D eigenvalue weighted by Gasteiger charge is 2.48. The highest BCUT2D eigenvalue weighted by molar-refractivity contribution is 5.65. The number of hydrogen-bond acceptors (Lipinski definition) is 7. The second-order valence-corrected chi connectivity index (χ2v) is 9.44. The summed E-state index contributed by atoms with van der Waals surface area (Å²) < 4.78 is 0. The maximum absolute atomic E-state index is 12.2. The minimum absolute atomic E-state index is 0.195. The number of carbonyl (C=O) groups is 1. The summed E-state index contributed by atoms with van der Waals surface area (Å²) in [4.78, 5) is 36.6. The third-order valence-electron chi connectivity index (χ3n) is 6.94. The van der Waals surface area contributed by atoms with E-state index in [9.17, 15) is 20.0 Å². The summed E-state index contributed by atoms with van der Waals surface area (Å²) in [7, 11) is 3.84. The molecule has 0 radical (unpaired) electrons. The van der Waals surface area contributed by atoms with Crippen LogP contribution in [0.5, 0.6) is 0 Å². The number of amides is 1. The number of fused-ring (bicyclic) bond motifs is 1. The fourth-order valence-electron chi connectivity index (χ4n) is 5.09. The Bertz CT molecular complexity index is 1040. The minimum Gasteiger partial charge on any atom is -0.465 e. The predicted molar refractivity (Wildman–Crippen MR) is 129 cm³/mol. The summed E-state index contributed by atoms with van der Waals surface area (Å²) in [6.07, 6.45) is 4.05. The maximum Gasteiger partial charge on any atom is 0.407 e. The van der Waals surface area contributed by atoms with Crippen LogP contribution >= 0.6 is 0 Å². The molecule has 1 fully saturated rings. The van der Waals surface area contributed by atoms with Gasteiger partial charge in [-0.05, 0) is 44.1 Å². The second kappa shape index (κ2) is 9.82. The van der Waals surface area contributed by atoms with Crippen LogP contribution in [0.15, 0.2) is 30.3 Å². The predicted octanol–water partition coefficient (Wildman–Crippen LogP) is 3.93. The van der Waals surface area contributed by atoms with Crippen LogP contribution in [0.25, 0.3) is 0 Å². The fraction of sp³-hybridized carbons (Fsp3) is 0.542. The van der Waals surface area contributed by atoms with Gasteiger partial charge in [0.25, 0.3) is 5.66 Å². The molecular weight excluding hydrogens is 436 g/mol. The number of nitro groups is 1. The first-order valence-corrected chi connectivity index (χ1v) is 11.8. The van der Waals surface area contributed by atoms with E-state index in [1.807, 2.05) is 49.3 Å². The van der Waals surface area contributed by atoms with Crippen LogP contribution in [-0.2, 0) is 19.4 Å². The van der Waals surface area contributed by atoms with Crippen LogP contribution in [0.1, 0.15) is 55.3 Å². The Hall–Kier alpha value is -3.43. The van der Waals surface area contributed by atoms with Gasteiger partial charge < -0.3 is 14.9 Å².